The molecular formula is C14H20FN. The van der Waals surface area contributed by atoms with Crippen LogP contribution in [0.15, 0.2) is 18.2 Å². The third kappa shape index (κ3) is 3.60. The lowest BCUT2D eigenvalue weighted by Gasteiger charge is -2.06. The van der Waals surface area contributed by atoms with E-state index in [1.807, 2.05) is 13.0 Å². The van der Waals surface area contributed by atoms with Crippen LogP contribution in [-0.4, -0.2) is 12.6 Å². The molecule has 0 saturated heterocycles. The van der Waals surface area contributed by atoms with Gasteiger partial charge in [-0.05, 0) is 68.8 Å². The third-order valence-corrected chi connectivity index (χ3v) is 3.19. The van der Waals surface area contributed by atoms with Crippen molar-refractivity contribution < 1.29 is 4.39 Å². The monoisotopic (exact) mass is 221 g/mol. The van der Waals surface area contributed by atoms with E-state index in [4.69, 9.17) is 0 Å². The van der Waals surface area contributed by atoms with Gasteiger partial charge in [-0.2, -0.15) is 0 Å². The van der Waals surface area contributed by atoms with Crippen molar-refractivity contribution in [3.8, 4) is 0 Å². The largest absolute Gasteiger partial charge is 0.314 e. The Balaban J connectivity index is 1.67. The van der Waals surface area contributed by atoms with Gasteiger partial charge >= 0.3 is 0 Å². The summed E-state index contributed by atoms with van der Waals surface area (Å²) in [4.78, 5) is 0. The highest BCUT2D eigenvalue weighted by molar-refractivity contribution is 5.26. The summed E-state index contributed by atoms with van der Waals surface area (Å²) < 4.78 is 12.9. The second-order valence-electron chi connectivity index (χ2n) is 4.76. The average Bonchev–Trinajstić information content (AvgIpc) is 3.04. The van der Waals surface area contributed by atoms with Crippen molar-refractivity contribution in [2.75, 3.05) is 6.54 Å². The van der Waals surface area contributed by atoms with Gasteiger partial charge in [0.25, 0.3) is 0 Å². The molecule has 1 aromatic rings. The quantitative estimate of drug-likeness (QED) is 0.727. The van der Waals surface area contributed by atoms with Crippen molar-refractivity contribution in [3.05, 3.63) is 35.1 Å². The summed E-state index contributed by atoms with van der Waals surface area (Å²) in [7, 11) is 0. The zero-order chi connectivity index (χ0) is 11.4. The lowest BCUT2D eigenvalue weighted by molar-refractivity contribution is 0.614. The first-order valence-electron chi connectivity index (χ1n) is 6.24. The lowest BCUT2D eigenvalue weighted by Crippen LogP contribution is -2.17. The van der Waals surface area contributed by atoms with Gasteiger partial charge in [-0.15, -0.1) is 0 Å². The maximum Gasteiger partial charge on any atom is 0.123 e. The van der Waals surface area contributed by atoms with E-state index in [9.17, 15) is 4.39 Å². The van der Waals surface area contributed by atoms with Gasteiger partial charge in [0.05, 0.1) is 0 Å². The molecule has 0 bridgehead atoms. The Morgan fingerprint density at radius 3 is 2.81 bits per heavy atom. The first kappa shape index (κ1) is 11.6. The molecule has 1 N–H and O–H groups in total. The number of hydrogen-bond donors (Lipinski definition) is 1. The minimum atomic E-state index is -0.128. The smallest absolute Gasteiger partial charge is 0.123 e. The number of hydrogen-bond acceptors (Lipinski definition) is 1. The molecule has 1 saturated carbocycles. The van der Waals surface area contributed by atoms with Crippen LogP contribution >= 0.6 is 0 Å². The van der Waals surface area contributed by atoms with Crippen LogP contribution in [0, 0.1) is 12.7 Å². The van der Waals surface area contributed by atoms with Crippen LogP contribution in [0.25, 0.3) is 0 Å². The van der Waals surface area contributed by atoms with Crippen LogP contribution in [0.2, 0.25) is 0 Å². The number of nitrogens with one attached hydrogen (secondary N) is 1. The molecule has 0 radical (unpaired) electrons. The van der Waals surface area contributed by atoms with Crippen molar-refractivity contribution in [3.63, 3.8) is 0 Å². The zero-order valence-electron chi connectivity index (χ0n) is 9.93. The maximum absolute atomic E-state index is 12.9. The molecule has 0 amide bonds. The minimum absolute atomic E-state index is 0.128. The summed E-state index contributed by atoms with van der Waals surface area (Å²) >= 11 is 0. The average molecular weight is 221 g/mol. The fourth-order valence-corrected chi connectivity index (χ4v) is 1.97. The highest BCUT2D eigenvalue weighted by Gasteiger charge is 2.19. The standard InChI is InChI=1S/C14H20FN/c1-11-10-13(15)6-5-12(11)4-2-3-9-16-14-7-8-14/h5-6,10,14,16H,2-4,7-9H2,1H3. The molecule has 0 spiro atoms. The van der Waals surface area contributed by atoms with E-state index in [1.165, 1.54) is 31.2 Å². The molecule has 0 atom stereocenters. The summed E-state index contributed by atoms with van der Waals surface area (Å²) in [6, 6.07) is 5.91. The van der Waals surface area contributed by atoms with Gasteiger partial charge in [-0.1, -0.05) is 6.07 Å². The summed E-state index contributed by atoms with van der Waals surface area (Å²) in [5.41, 5.74) is 2.36. The number of aryl methyl sites for hydroxylation is 2. The highest BCUT2D eigenvalue weighted by Crippen LogP contribution is 2.18. The van der Waals surface area contributed by atoms with Crippen molar-refractivity contribution in [1.29, 1.82) is 0 Å². The number of halogens is 1. The fourth-order valence-electron chi connectivity index (χ4n) is 1.97. The van der Waals surface area contributed by atoms with E-state index in [1.54, 1.807) is 12.1 Å². The molecule has 1 nitrogen and oxygen atoms in total. The predicted octanol–water partition coefficient (Wildman–Crippen LogP) is 3.21. The Morgan fingerprint density at radius 2 is 2.12 bits per heavy atom. The summed E-state index contributed by atoms with van der Waals surface area (Å²) in [5, 5.41) is 3.51. The van der Waals surface area contributed by atoms with E-state index in [0.29, 0.717) is 0 Å². The van der Waals surface area contributed by atoms with Gasteiger partial charge in [0.15, 0.2) is 0 Å². The van der Waals surface area contributed by atoms with E-state index in [2.05, 4.69) is 5.32 Å². The lowest BCUT2D eigenvalue weighted by atomic mass is 10.0. The SMILES string of the molecule is Cc1cc(F)ccc1CCCCNC1CC1. The van der Waals surface area contributed by atoms with E-state index in [0.717, 1.165) is 24.6 Å². The molecule has 16 heavy (non-hydrogen) atoms. The molecular weight excluding hydrogens is 201 g/mol. The summed E-state index contributed by atoms with van der Waals surface area (Å²) in [6.45, 7) is 3.12. The van der Waals surface area contributed by atoms with Crippen molar-refractivity contribution in [1.82, 2.24) is 5.32 Å². The Morgan fingerprint density at radius 1 is 1.31 bits per heavy atom. The topological polar surface area (TPSA) is 12.0 Å². The minimum Gasteiger partial charge on any atom is -0.314 e. The first-order chi connectivity index (χ1) is 7.75. The van der Waals surface area contributed by atoms with Crippen molar-refractivity contribution >= 4 is 0 Å². The molecule has 0 unspecified atom stereocenters. The molecule has 1 aromatic carbocycles. The third-order valence-electron chi connectivity index (χ3n) is 3.19. The first-order valence-corrected chi connectivity index (χ1v) is 6.24. The van der Waals surface area contributed by atoms with Gasteiger partial charge in [-0.3, -0.25) is 0 Å². The van der Waals surface area contributed by atoms with Crippen LogP contribution < -0.4 is 5.32 Å². The zero-order valence-corrected chi connectivity index (χ0v) is 9.93. The Bertz CT molecular complexity index is 345. The molecule has 0 heterocycles. The Labute approximate surface area is 97.1 Å². The second kappa shape index (κ2) is 5.44. The van der Waals surface area contributed by atoms with Gasteiger partial charge in [0.1, 0.15) is 5.82 Å². The van der Waals surface area contributed by atoms with Crippen LogP contribution in [-0.2, 0) is 6.42 Å². The molecule has 0 aromatic heterocycles. The van der Waals surface area contributed by atoms with Crippen molar-refractivity contribution in [2.24, 2.45) is 0 Å². The fraction of sp³-hybridized carbons (Fsp3) is 0.571. The number of unbranched alkanes of at least 4 members (excludes halogenated alkanes) is 1. The van der Waals surface area contributed by atoms with E-state index in [-0.39, 0.29) is 5.82 Å². The van der Waals surface area contributed by atoms with Crippen LogP contribution in [0.4, 0.5) is 4.39 Å². The van der Waals surface area contributed by atoms with Crippen LogP contribution in [0.1, 0.15) is 36.8 Å². The molecule has 1 aliphatic carbocycles. The Hall–Kier alpha value is -0.890. The van der Waals surface area contributed by atoms with E-state index < -0.39 is 0 Å². The van der Waals surface area contributed by atoms with Crippen molar-refractivity contribution in [2.45, 2.75) is 45.1 Å². The Kier molecular flexibility index (Phi) is 3.94. The van der Waals surface area contributed by atoms with Gasteiger partial charge < -0.3 is 5.32 Å². The second-order valence-corrected chi connectivity index (χ2v) is 4.76. The summed E-state index contributed by atoms with van der Waals surface area (Å²) in [6.07, 6.45) is 6.19. The maximum atomic E-state index is 12.9. The van der Waals surface area contributed by atoms with Gasteiger partial charge in [0, 0.05) is 6.04 Å². The van der Waals surface area contributed by atoms with Crippen LogP contribution in [0.5, 0.6) is 0 Å². The summed E-state index contributed by atoms with van der Waals surface area (Å²) in [5.74, 6) is -0.128. The normalized spacial score (nSPS) is 15.4. The van der Waals surface area contributed by atoms with E-state index >= 15 is 0 Å². The highest BCUT2D eigenvalue weighted by atomic mass is 19.1. The van der Waals surface area contributed by atoms with Gasteiger partial charge in [0.2, 0.25) is 0 Å². The molecule has 0 aliphatic heterocycles. The molecule has 2 heteroatoms. The molecule has 88 valence electrons. The molecule has 2 rings (SSSR count). The number of rotatable bonds is 6. The van der Waals surface area contributed by atoms with Gasteiger partial charge in [-0.25, -0.2) is 4.39 Å². The predicted molar refractivity (Wildman–Crippen MR) is 65.1 cm³/mol. The molecule has 1 aliphatic rings. The number of benzene rings is 1. The molecule has 1 fully saturated rings. The van der Waals surface area contributed by atoms with Crippen LogP contribution in [0.3, 0.4) is 0 Å².